The van der Waals surface area contributed by atoms with Gasteiger partial charge in [0, 0.05) is 23.2 Å². The Hall–Kier alpha value is -2.79. The average Bonchev–Trinajstić information content (AvgIpc) is 2.70. The fourth-order valence-corrected chi connectivity index (χ4v) is 4.33. The Kier molecular flexibility index (Phi) is 5.09. The highest BCUT2D eigenvalue weighted by atomic mass is 16.3. The van der Waals surface area contributed by atoms with Gasteiger partial charge in [0.2, 0.25) is 0 Å². The number of fused-ring (bicyclic) bond motifs is 1. The van der Waals surface area contributed by atoms with Crippen molar-refractivity contribution in [2.45, 2.75) is 51.0 Å². The van der Waals surface area contributed by atoms with Crippen molar-refractivity contribution in [1.82, 2.24) is 9.97 Å². The maximum absolute atomic E-state index is 12.3. The Morgan fingerprint density at radius 3 is 2.68 bits per heavy atom. The smallest absolute Gasteiger partial charge is 0.267 e. The molecule has 5 nitrogen and oxygen atoms in total. The molecular formula is C23H25N3O2. The molecule has 3 N–H and O–H groups in total. The highest BCUT2D eigenvalue weighted by Gasteiger charge is 2.31. The zero-order valence-electron chi connectivity index (χ0n) is 16.1. The molecule has 0 spiro atoms. The molecule has 1 aromatic carbocycles. The number of benzene rings is 1. The summed E-state index contributed by atoms with van der Waals surface area (Å²) >= 11 is 0. The van der Waals surface area contributed by atoms with Gasteiger partial charge in [-0.1, -0.05) is 37.1 Å². The van der Waals surface area contributed by atoms with Crippen LogP contribution < -0.4 is 5.73 Å². The molecule has 0 bridgehead atoms. The average molecular weight is 375 g/mol. The first-order chi connectivity index (χ1) is 13.5. The molecule has 5 heteroatoms. The quantitative estimate of drug-likeness (QED) is 0.728. The maximum Gasteiger partial charge on any atom is 0.267 e. The Bertz CT molecular complexity index is 1010. The highest BCUT2D eigenvalue weighted by Crippen LogP contribution is 2.39. The number of rotatable bonds is 4. The van der Waals surface area contributed by atoms with Crippen molar-refractivity contribution in [2.75, 3.05) is 0 Å². The van der Waals surface area contributed by atoms with Gasteiger partial charge < -0.3 is 10.8 Å². The van der Waals surface area contributed by atoms with Crippen LogP contribution >= 0.6 is 0 Å². The SMILES string of the molecule is Cc1ccc(Cc2c([C@@H]3CCCC[C@@H]3O)c(C(N)=O)nc3ccccc23)cn1. The lowest BCUT2D eigenvalue weighted by molar-refractivity contribution is 0.0971. The Morgan fingerprint density at radius 2 is 1.96 bits per heavy atom. The third-order valence-corrected chi connectivity index (χ3v) is 5.73. The minimum Gasteiger partial charge on any atom is -0.392 e. The summed E-state index contributed by atoms with van der Waals surface area (Å²) in [5, 5.41) is 11.7. The molecule has 0 aliphatic heterocycles. The molecule has 1 amide bonds. The summed E-state index contributed by atoms with van der Waals surface area (Å²) in [5.41, 5.74) is 10.7. The molecule has 2 aromatic heterocycles. The number of primary amides is 1. The molecule has 144 valence electrons. The number of amides is 1. The van der Waals surface area contributed by atoms with Gasteiger partial charge in [0.05, 0.1) is 11.6 Å². The number of aromatic nitrogens is 2. The summed E-state index contributed by atoms with van der Waals surface area (Å²) in [4.78, 5) is 21.3. The number of carbonyl (C=O) groups excluding carboxylic acids is 1. The fourth-order valence-electron chi connectivity index (χ4n) is 4.33. The molecular weight excluding hydrogens is 350 g/mol. The molecule has 0 radical (unpaired) electrons. The second-order valence-electron chi connectivity index (χ2n) is 7.68. The van der Waals surface area contributed by atoms with E-state index in [4.69, 9.17) is 5.73 Å². The standard InChI is InChI=1S/C23H25N3O2/c1-14-10-11-15(13-25-14)12-18-16-6-2-4-8-19(16)26-22(23(24)28)21(18)17-7-3-5-9-20(17)27/h2,4,6,8,10-11,13,17,20,27H,3,5,7,9,12H2,1H3,(H2,24,28)/t17-,20+/m1/s1. The Labute approximate surface area is 164 Å². The maximum atomic E-state index is 12.3. The van der Waals surface area contributed by atoms with Gasteiger partial charge in [-0.25, -0.2) is 4.98 Å². The van der Waals surface area contributed by atoms with Crippen LogP contribution in [0.3, 0.4) is 0 Å². The monoisotopic (exact) mass is 375 g/mol. The molecule has 0 saturated heterocycles. The van der Waals surface area contributed by atoms with E-state index >= 15 is 0 Å². The number of para-hydroxylation sites is 1. The number of nitrogens with zero attached hydrogens (tertiary/aromatic N) is 2. The molecule has 1 fully saturated rings. The molecule has 2 atom stereocenters. The lowest BCUT2D eigenvalue weighted by atomic mass is 9.77. The van der Waals surface area contributed by atoms with Gasteiger partial charge in [-0.3, -0.25) is 9.78 Å². The number of hydrogen-bond acceptors (Lipinski definition) is 4. The topological polar surface area (TPSA) is 89.1 Å². The highest BCUT2D eigenvalue weighted by molar-refractivity contribution is 5.97. The van der Waals surface area contributed by atoms with Crippen LogP contribution in [0.2, 0.25) is 0 Å². The molecule has 3 aromatic rings. The van der Waals surface area contributed by atoms with Crippen LogP contribution in [0.1, 0.15) is 64.5 Å². The van der Waals surface area contributed by atoms with Crippen molar-refractivity contribution in [2.24, 2.45) is 5.73 Å². The Morgan fingerprint density at radius 1 is 1.18 bits per heavy atom. The van der Waals surface area contributed by atoms with Crippen LogP contribution in [0.5, 0.6) is 0 Å². The van der Waals surface area contributed by atoms with Crippen molar-refractivity contribution in [1.29, 1.82) is 0 Å². The lowest BCUT2D eigenvalue weighted by Crippen LogP contribution is -2.28. The molecule has 2 heterocycles. The predicted octanol–water partition coefficient (Wildman–Crippen LogP) is 3.65. The normalized spacial score (nSPS) is 19.6. The number of hydrogen-bond donors (Lipinski definition) is 2. The van der Waals surface area contributed by atoms with Crippen molar-refractivity contribution in [3.8, 4) is 0 Å². The number of carbonyl (C=O) groups is 1. The van der Waals surface area contributed by atoms with E-state index < -0.39 is 12.0 Å². The fraction of sp³-hybridized carbons (Fsp3) is 0.348. The van der Waals surface area contributed by atoms with Crippen LogP contribution in [0, 0.1) is 6.92 Å². The first kappa shape index (κ1) is 18.6. The number of nitrogens with two attached hydrogens (primary N) is 1. The second-order valence-corrected chi connectivity index (χ2v) is 7.68. The van der Waals surface area contributed by atoms with E-state index in [1.807, 2.05) is 43.5 Å². The van der Waals surface area contributed by atoms with Crippen LogP contribution in [0.4, 0.5) is 0 Å². The first-order valence-corrected chi connectivity index (χ1v) is 9.85. The van der Waals surface area contributed by atoms with Gasteiger partial charge in [-0.05, 0) is 55.0 Å². The number of pyridine rings is 2. The third-order valence-electron chi connectivity index (χ3n) is 5.73. The van der Waals surface area contributed by atoms with Crippen LogP contribution in [-0.2, 0) is 6.42 Å². The second kappa shape index (κ2) is 7.68. The van der Waals surface area contributed by atoms with E-state index in [9.17, 15) is 9.90 Å². The van der Waals surface area contributed by atoms with Crippen LogP contribution in [0.25, 0.3) is 10.9 Å². The summed E-state index contributed by atoms with van der Waals surface area (Å²) in [6, 6.07) is 11.9. The van der Waals surface area contributed by atoms with Gasteiger partial charge in [0.1, 0.15) is 5.69 Å². The summed E-state index contributed by atoms with van der Waals surface area (Å²) in [6.45, 7) is 1.96. The van der Waals surface area contributed by atoms with Crippen molar-refractivity contribution in [3.05, 3.63) is 70.7 Å². The molecule has 28 heavy (non-hydrogen) atoms. The largest absolute Gasteiger partial charge is 0.392 e. The predicted molar refractivity (Wildman–Crippen MR) is 109 cm³/mol. The minimum atomic E-state index is -0.540. The summed E-state index contributed by atoms with van der Waals surface area (Å²) in [6.07, 6.45) is 5.61. The third kappa shape index (κ3) is 3.50. The Balaban J connectivity index is 1.96. The van der Waals surface area contributed by atoms with E-state index in [1.54, 1.807) is 0 Å². The van der Waals surface area contributed by atoms with Gasteiger partial charge in [-0.15, -0.1) is 0 Å². The molecule has 4 rings (SSSR count). The van der Waals surface area contributed by atoms with Gasteiger partial charge >= 0.3 is 0 Å². The summed E-state index contributed by atoms with van der Waals surface area (Å²) < 4.78 is 0. The summed E-state index contributed by atoms with van der Waals surface area (Å²) in [7, 11) is 0. The van der Waals surface area contributed by atoms with E-state index in [0.717, 1.165) is 59.0 Å². The molecule has 1 saturated carbocycles. The van der Waals surface area contributed by atoms with Crippen molar-refractivity contribution in [3.63, 3.8) is 0 Å². The van der Waals surface area contributed by atoms with Gasteiger partial charge in [0.25, 0.3) is 5.91 Å². The van der Waals surface area contributed by atoms with E-state index in [1.165, 1.54) is 0 Å². The van der Waals surface area contributed by atoms with Gasteiger partial charge in [-0.2, -0.15) is 0 Å². The van der Waals surface area contributed by atoms with E-state index in [-0.39, 0.29) is 5.92 Å². The van der Waals surface area contributed by atoms with E-state index in [0.29, 0.717) is 12.1 Å². The zero-order chi connectivity index (χ0) is 19.7. The number of aryl methyl sites for hydroxylation is 1. The molecule has 0 unspecified atom stereocenters. The zero-order valence-corrected chi connectivity index (χ0v) is 16.1. The minimum absolute atomic E-state index is 0.123. The molecule has 1 aliphatic rings. The van der Waals surface area contributed by atoms with Gasteiger partial charge in [0.15, 0.2) is 0 Å². The number of aliphatic hydroxyl groups excluding tert-OH is 1. The van der Waals surface area contributed by atoms with Crippen molar-refractivity contribution < 1.29 is 9.90 Å². The van der Waals surface area contributed by atoms with Crippen LogP contribution in [-0.4, -0.2) is 27.1 Å². The van der Waals surface area contributed by atoms with Crippen LogP contribution in [0.15, 0.2) is 42.6 Å². The number of aliphatic hydroxyl groups is 1. The molecule has 1 aliphatic carbocycles. The first-order valence-electron chi connectivity index (χ1n) is 9.85. The lowest BCUT2D eigenvalue weighted by Gasteiger charge is -2.31. The van der Waals surface area contributed by atoms with Crippen molar-refractivity contribution >= 4 is 16.8 Å². The van der Waals surface area contributed by atoms with E-state index in [2.05, 4.69) is 16.0 Å². The summed E-state index contributed by atoms with van der Waals surface area (Å²) in [5.74, 6) is -0.663.